The molecule has 0 bridgehead atoms. The molecule has 1 heterocycles. The maximum Gasteiger partial charge on any atom is 0.243 e. The monoisotopic (exact) mass is 400 g/mol. The standard InChI is InChI=1S/C23H32N2O2S/c1-19-8-10-20(11-9-19)12-14-24-17-21-6-4-7-22(16-21)28(26,27)25-15-5-13-23(2,3)18-25/h4,6-11,16,24H,5,12-15,17-18H2,1-3H3. The second-order valence-corrected chi connectivity index (χ2v) is 10.6. The molecule has 28 heavy (non-hydrogen) atoms. The molecule has 1 aliphatic heterocycles. The fourth-order valence-electron chi connectivity index (χ4n) is 3.76. The van der Waals surface area contributed by atoms with Crippen LogP contribution >= 0.6 is 0 Å². The second-order valence-electron chi connectivity index (χ2n) is 8.67. The summed E-state index contributed by atoms with van der Waals surface area (Å²) in [7, 11) is -3.43. The van der Waals surface area contributed by atoms with E-state index in [2.05, 4.69) is 50.4 Å². The van der Waals surface area contributed by atoms with Crippen LogP contribution in [0.2, 0.25) is 0 Å². The minimum Gasteiger partial charge on any atom is -0.312 e. The Morgan fingerprint density at radius 3 is 2.54 bits per heavy atom. The predicted octanol–water partition coefficient (Wildman–Crippen LogP) is 4.14. The van der Waals surface area contributed by atoms with E-state index in [1.807, 2.05) is 18.2 Å². The number of piperidine rings is 1. The van der Waals surface area contributed by atoms with Crippen molar-refractivity contribution >= 4 is 10.0 Å². The second kappa shape index (κ2) is 8.76. The van der Waals surface area contributed by atoms with E-state index in [0.717, 1.165) is 31.4 Å². The van der Waals surface area contributed by atoms with Crippen LogP contribution < -0.4 is 5.32 Å². The molecule has 2 aromatic carbocycles. The van der Waals surface area contributed by atoms with Crippen LogP contribution in [0.3, 0.4) is 0 Å². The molecule has 0 unspecified atom stereocenters. The van der Waals surface area contributed by atoms with Crippen LogP contribution in [0.15, 0.2) is 53.4 Å². The van der Waals surface area contributed by atoms with E-state index in [1.54, 1.807) is 10.4 Å². The summed E-state index contributed by atoms with van der Waals surface area (Å²) < 4.78 is 27.8. The van der Waals surface area contributed by atoms with Gasteiger partial charge >= 0.3 is 0 Å². The largest absolute Gasteiger partial charge is 0.312 e. The minimum absolute atomic E-state index is 0.0421. The molecule has 1 N–H and O–H groups in total. The van der Waals surface area contributed by atoms with Gasteiger partial charge in [-0.15, -0.1) is 0 Å². The molecule has 1 saturated heterocycles. The van der Waals surface area contributed by atoms with Crippen molar-refractivity contribution in [3.05, 3.63) is 65.2 Å². The van der Waals surface area contributed by atoms with Crippen molar-refractivity contribution in [3.63, 3.8) is 0 Å². The Balaban J connectivity index is 1.59. The molecule has 1 fully saturated rings. The Labute approximate surface area is 170 Å². The zero-order chi connectivity index (χ0) is 20.2. The summed E-state index contributed by atoms with van der Waals surface area (Å²) in [5.74, 6) is 0. The van der Waals surface area contributed by atoms with E-state index >= 15 is 0 Å². The summed E-state index contributed by atoms with van der Waals surface area (Å²) in [5.41, 5.74) is 3.62. The van der Waals surface area contributed by atoms with Gasteiger partial charge in [-0.25, -0.2) is 8.42 Å². The van der Waals surface area contributed by atoms with E-state index in [-0.39, 0.29) is 5.41 Å². The zero-order valence-electron chi connectivity index (χ0n) is 17.2. The number of rotatable bonds is 7. The molecule has 0 spiro atoms. The number of benzene rings is 2. The summed E-state index contributed by atoms with van der Waals surface area (Å²) >= 11 is 0. The average molecular weight is 401 g/mol. The fourth-order valence-corrected chi connectivity index (χ4v) is 5.50. The molecule has 0 aromatic heterocycles. The van der Waals surface area contributed by atoms with Gasteiger partial charge in [0.25, 0.3) is 0 Å². The van der Waals surface area contributed by atoms with Crippen LogP contribution in [0.25, 0.3) is 0 Å². The molecule has 0 aliphatic carbocycles. The van der Waals surface area contributed by atoms with Crippen LogP contribution in [0.1, 0.15) is 43.4 Å². The molecule has 0 atom stereocenters. The van der Waals surface area contributed by atoms with Gasteiger partial charge in [0.05, 0.1) is 4.90 Å². The SMILES string of the molecule is Cc1ccc(CCNCc2cccc(S(=O)(=O)N3CCCC(C)(C)C3)c2)cc1. The summed E-state index contributed by atoms with van der Waals surface area (Å²) in [6.07, 6.45) is 2.96. The molecule has 0 radical (unpaired) electrons. The maximum absolute atomic E-state index is 13.1. The quantitative estimate of drug-likeness (QED) is 0.711. The molecular weight excluding hydrogens is 368 g/mol. The molecule has 2 aromatic rings. The van der Waals surface area contributed by atoms with Crippen molar-refractivity contribution in [3.8, 4) is 0 Å². The third kappa shape index (κ3) is 5.43. The molecule has 5 heteroatoms. The van der Waals surface area contributed by atoms with Crippen molar-refractivity contribution in [2.75, 3.05) is 19.6 Å². The van der Waals surface area contributed by atoms with Crippen LogP contribution in [0.5, 0.6) is 0 Å². The van der Waals surface area contributed by atoms with Crippen molar-refractivity contribution in [1.82, 2.24) is 9.62 Å². The lowest BCUT2D eigenvalue weighted by molar-refractivity contribution is 0.187. The van der Waals surface area contributed by atoms with E-state index in [9.17, 15) is 8.42 Å². The highest BCUT2D eigenvalue weighted by Gasteiger charge is 2.34. The Morgan fingerprint density at radius 1 is 1.07 bits per heavy atom. The number of sulfonamides is 1. The van der Waals surface area contributed by atoms with Gasteiger partial charge < -0.3 is 5.32 Å². The van der Waals surface area contributed by atoms with E-state index in [0.29, 0.717) is 24.5 Å². The molecular formula is C23H32N2O2S. The lowest BCUT2D eigenvalue weighted by Gasteiger charge is -2.37. The first-order chi connectivity index (χ1) is 13.3. The van der Waals surface area contributed by atoms with Crippen molar-refractivity contribution in [1.29, 1.82) is 0 Å². The first-order valence-corrected chi connectivity index (χ1v) is 11.6. The molecule has 1 aliphatic rings. The highest BCUT2D eigenvalue weighted by atomic mass is 32.2. The highest BCUT2D eigenvalue weighted by Crippen LogP contribution is 2.31. The molecule has 0 amide bonds. The number of hydrogen-bond donors (Lipinski definition) is 1. The van der Waals surface area contributed by atoms with Crippen LogP contribution in [-0.4, -0.2) is 32.4 Å². The summed E-state index contributed by atoms with van der Waals surface area (Å²) in [6, 6.07) is 15.9. The molecule has 4 nitrogen and oxygen atoms in total. The van der Waals surface area contributed by atoms with Gasteiger partial charge in [0.15, 0.2) is 0 Å². The van der Waals surface area contributed by atoms with Gasteiger partial charge in [-0.3, -0.25) is 0 Å². The number of nitrogens with zero attached hydrogens (tertiary/aromatic N) is 1. The molecule has 3 rings (SSSR count). The van der Waals surface area contributed by atoms with Gasteiger partial charge in [-0.1, -0.05) is 55.8 Å². The lowest BCUT2D eigenvalue weighted by atomic mass is 9.85. The Kier molecular flexibility index (Phi) is 6.58. The fraction of sp³-hybridized carbons (Fsp3) is 0.478. The van der Waals surface area contributed by atoms with Crippen molar-refractivity contribution in [2.24, 2.45) is 5.41 Å². The van der Waals surface area contributed by atoms with Gasteiger partial charge in [0.2, 0.25) is 10.0 Å². The normalized spacial score (nSPS) is 17.5. The Hall–Kier alpha value is -1.69. The van der Waals surface area contributed by atoms with Gasteiger partial charge in [-0.2, -0.15) is 4.31 Å². The van der Waals surface area contributed by atoms with Gasteiger partial charge in [-0.05, 0) is 61.4 Å². The third-order valence-electron chi connectivity index (χ3n) is 5.44. The predicted molar refractivity (Wildman–Crippen MR) is 115 cm³/mol. The van der Waals surface area contributed by atoms with Crippen LogP contribution in [-0.2, 0) is 23.0 Å². The van der Waals surface area contributed by atoms with E-state index < -0.39 is 10.0 Å². The van der Waals surface area contributed by atoms with Crippen LogP contribution in [0, 0.1) is 12.3 Å². The average Bonchev–Trinajstić information content (AvgIpc) is 2.66. The number of aryl methyl sites for hydroxylation is 1. The van der Waals surface area contributed by atoms with Gasteiger partial charge in [0.1, 0.15) is 0 Å². The summed E-state index contributed by atoms with van der Waals surface area (Å²) in [6.45, 7) is 9.11. The van der Waals surface area contributed by atoms with Crippen LogP contribution in [0.4, 0.5) is 0 Å². The number of hydrogen-bond acceptors (Lipinski definition) is 3. The van der Waals surface area contributed by atoms with E-state index in [4.69, 9.17) is 0 Å². The first kappa shape index (κ1) is 21.0. The summed E-state index contributed by atoms with van der Waals surface area (Å²) in [4.78, 5) is 0.406. The maximum atomic E-state index is 13.1. The smallest absolute Gasteiger partial charge is 0.243 e. The van der Waals surface area contributed by atoms with Gasteiger partial charge in [0, 0.05) is 19.6 Å². The number of nitrogens with one attached hydrogen (secondary N) is 1. The Bertz CT molecular complexity index is 889. The minimum atomic E-state index is -3.43. The zero-order valence-corrected chi connectivity index (χ0v) is 18.1. The summed E-state index contributed by atoms with van der Waals surface area (Å²) in [5, 5.41) is 3.43. The lowest BCUT2D eigenvalue weighted by Crippen LogP contribution is -2.43. The Morgan fingerprint density at radius 2 is 1.82 bits per heavy atom. The van der Waals surface area contributed by atoms with E-state index in [1.165, 1.54) is 11.1 Å². The third-order valence-corrected chi connectivity index (χ3v) is 7.28. The van der Waals surface area contributed by atoms with Crippen molar-refractivity contribution < 1.29 is 8.42 Å². The highest BCUT2D eigenvalue weighted by molar-refractivity contribution is 7.89. The first-order valence-electron chi connectivity index (χ1n) is 10.1. The topological polar surface area (TPSA) is 49.4 Å². The molecule has 0 saturated carbocycles. The molecule has 152 valence electrons. The van der Waals surface area contributed by atoms with Crippen molar-refractivity contribution in [2.45, 2.75) is 51.5 Å².